The predicted molar refractivity (Wildman–Crippen MR) is 104 cm³/mol. The highest BCUT2D eigenvalue weighted by atomic mass is 19.4. The van der Waals surface area contributed by atoms with E-state index in [1.807, 2.05) is 18.0 Å². The van der Waals surface area contributed by atoms with Gasteiger partial charge in [0.25, 0.3) is 5.91 Å². The van der Waals surface area contributed by atoms with Gasteiger partial charge in [0.05, 0.1) is 5.56 Å². The SMILES string of the molecule is CN(CCCNC(=O)c1cccc(-c2noc(C(F)(F)F)n2)c1)c1ccc(C#N)cn1. The lowest BCUT2D eigenvalue weighted by molar-refractivity contribution is -0.159. The maximum absolute atomic E-state index is 12.6. The number of rotatable bonds is 7. The van der Waals surface area contributed by atoms with E-state index in [4.69, 9.17) is 5.26 Å². The van der Waals surface area contributed by atoms with E-state index in [9.17, 15) is 18.0 Å². The number of alkyl halides is 3. The third-order valence-corrected chi connectivity index (χ3v) is 4.28. The van der Waals surface area contributed by atoms with Crippen molar-refractivity contribution < 1.29 is 22.5 Å². The first-order valence-electron chi connectivity index (χ1n) is 9.15. The minimum atomic E-state index is -4.74. The van der Waals surface area contributed by atoms with E-state index in [1.54, 1.807) is 12.1 Å². The van der Waals surface area contributed by atoms with Crippen molar-refractivity contribution in [3.8, 4) is 17.5 Å². The summed E-state index contributed by atoms with van der Waals surface area (Å²) in [7, 11) is 1.85. The number of amides is 1. The van der Waals surface area contributed by atoms with Crippen LogP contribution in [-0.2, 0) is 6.18 Å². The number of nitriles is 1. The summed E-state index contributed by atoms with van der Waals surface area (Å²) in [6.45, 7) is 0.992. The van der Waals surface area contributed by atoms with Gasteiger partial charge in [-0.1, -0.05) is 17.3 Å². The third kappa shape index (κ3) is 5.57. The molecule has 0 unspecified atom stereocenters. The second-order valence-corrected chi connectivity index (χ2v) is 6.55. The zero-order chi connectivity index (χ0) is 22.4. The minimum Gasteiger partial charge on any atom is -0.360 e. The van der Waals surface area contributed by atoms with Crippen molar-refractivity contribution in [2.75, 3.05) is 25.0 Å². The zero-order valence-corrected chi connectivity index (χ0v) is 16.3. The van der Waals surface area contributed by atoms with Gasteiger partial charge in [-0.05, 0) is 30.7 Å². The molecule has 11 heteroatoms. The lowest BCUT2D eigenvalue weighted by Gasteiger charge is -2.18. The number of aromatic nitrogens is 3. The Morgan fingerprint density at radius 1 is 1.29 bits per heavy atom. The van der Waals surface area contributed by atoms with Crippen LogP contribution in [0.5, 0.6) is 0 Å². The monoisotopic (exact) mass is 430 g/mol. The van der Waals surface area contributed by atoms with Crippen LogP contribution in [0.25, 0.3) is 11.4 Å². The lowest BCUT2D eigenvalue weighted by atomic mass is 10.1. The van der Waals surface area contributed by atoms with Crippen molar-refractivity contribution in [1.82, 2.24) is 20.4 Å². The second-order valence-electron chi connectivity index (χ2n) is 6.55. The Labute approximate surface area is 175 Å². The molecule has 160 valence electrons. The molecule has 0 fully saturated rings. The number of pyridine rings is 1. The van der Waals surface area contributed by atoms with Gasteiger partial charge in [-0.15, -0.1) is 0 Å². The van der Waals surface area contributed by atoms with Gasteiger partial charge in [0.15, 0.2) is 0 Å². The summed E-state index contributed by atoms with van der Waals surface area (Å²) in [5.74, 6) is -1.37. The molecule has 1 amide bonds. The summed E-state index contributed by atoms with van der Waals surface area (Å²) in [4.78, 5) is 21.8. The molecule has 0 bridgehead atoms. The van der Waals surface area contributed by atoms with Crippen LogP contribution in [0.2, 0.25) is 0 Å². The van der Waals surface area contributed by atoms with Gasteiger partial charge in [-0.2, -0.15) is 23.4 Å². The van der Waals surface area contributed by atoms with E-state index < -0.39 is 12.1 Å². The van der Waals surface area contributed by atoms with Gasteiger partial charge in [0.2, 0.25) is 5.82 Å². The lowest BCUT2D eigenvalue weighted by Crippen LogP contribution is -2.28. The number of carbonyl (C=O) groups is 1. The molecule has 0 aliphatic carbocycles. The van der Waals surface area contributed by atoms with Crippen molar-refractivity contribution in [2.45, 2.75) is 12.6 Å². The number of nitrogens with one attached hydrogen (secondary N) is 1. The van der Waals surface area contributed by atoms with E-state index in [2.05, 4.69) is 25.0 Å². The van der Waals surface area contributed by atoms with Crippen molar-refractivity contribution in [2.24, 2.45) is 0 Å². The molecule has 0 radical (unpaired) electrons. The molecule has 2 aromatic heterocycles. The highest BCUT2D eigenvalue weighted by molar-refractivity contribution is 5.95. The van der Waals surface area contributed by atoms with Crippen molar-refractivity contribution in [1.29, 1.82) is 5.26 Å². The van der Waals surface area contributed by atoms with E-state index in [1.165, 1.54) is 30.5 Å². The molecule has 1 N–H and O–H groups in total. The summed E-state index contributed by atoms with van der Waals surface area (Å²) in [6, 6.07) is 11.4. The fourth-order valence-electron chi connectivity index (χ4n) is 2.67. The largest absolute Gasteiger partial charge is 0.471 e. The Kier molecular flexibility index (Phi) is 6.49. The van der Waals surface area contributed by atoms with E-state index in [0.29, 0.717) is 30.9 Å². The van der Waals surface area contributed by atoms with Crippen LogP contribution in [0.1, 0.15) is 28.2 Å². The first-order valence-corrected chi connectivity index (χ1v) is 9.15. The molecule has 0 aliphatic heterocycles. The maximum atomic E-state index is 12.6. The zero-order valence-electron chi connectivity index (χ0n) is 16.3. The maximum Gasteiger partial charge on any atom is 0.471 e. The number of halogens is 3. The first-order chi connectivity index (χ1) is 14.8. The van der Waals surface area contributed by atoms with Gasteiger partial charge in [-0.25, -0.2) is 4.98 Å². The number of anilines is 1. The van der Waals surface area contributed by atoms with Crippen LogP contribution in [0.15, 0.2) is 47.1 Å². The Morgan fingerprint density at radius 3 is 2.74 bits per heavy atom. The Morgan fingerprint density at radius 2 is 2.10 bits per heavy atom. The number of nitrogens with zero attached hydrogens (tertiary/aromatic N) is 5. The Balaban J connectivity index is 1.53. The molecule has 31 heavy (non-hydrogen) atoms. The van der Waals surface area contributed by atoms with Crippen molar-refractivity contribution in [3.63, 3.8) is 0 Å². The molecule has 0 spiro atoms. The van der Waals surface area contributed by atoms with Gasteiger partial charge < -0.3 is 14.7 Å². The second kappa shape index (κ2) is 9.25. The van der Waals surface area contributed by atoms with Crippen LogP contribution in [0, 0.1) is 11.3 Å². The summed E-state index contributed by atoms with van der Waals surface area (Å²) in [5, 5.41) is 14.9. The van der Waals surface area contributed by atoms with Crippen LogP contribution >= 0.6 is 0 Å². The quantitative estimate of drug-likeness (QED) is 0.573. The van der Waals surface area contributed by atoms with E-state index in [0.717, 1.165) is 0 Å². The summed E-state index contributed by atoms with van der Waals surface area (Å²) < 4.78 is 42.1. The molecule has 3 rings (SSSR count). The fourth-order valence-corrected chi connectivity index (χ4v) is 2.67. The number of carbonyl (C=O) groups excluding carboxylic acids is 1. The van der Waals surface area contributed by atoms with Gasteiger partial charge in [0.1, 0.15) is 11.9 Å². The fraction of sp³-hybridized carbons (Fsp3) is 0.250. The third-order valence-electron chi connectivity index (χ3n) is 4.28. The molecule has 1 aromatic carbocycles. The molecule has 0 atom stereocenters. The molecular weight excluding hydrogens is 413 g/mol. The molecule has 0 aliphatic rings. The first kappa shape index (κ1) is 21.8. The van der Waals surface area contributed by atoms with E-state index in [-0.39, 0.29) is 22.9 Å². The van der Waals surface area contributed by atoms with Gasteiger partial charge in [-0.3, -0.25) is 4.79 Å². The summed E-state index contributed by atoms with van der Waals surface area (Å²) in [5.41, 5.74) is 0.971. The van der Waals surface area contributed by atoms with Crippen LogP contribution in [0.3, 0.4) is 0 Å². The number of benzene rings is 1. The van der Waals surface area contributed by atoms with Crippen molar-refractivity contribution >= 4 is 11.7 Å². The Bertz CT molecular complexity index is 1090. The molecule has 0 saturated heterocycles. The smallest absolute Gasteiger partial charge is 0.360 e. The number of hydrogen-bond acceptors (Lipinski definition) is 7. The molecule has 8 nitrogen and oxygen atoms in total. The van der Waals surface area contributed by atoms with Crippen LogP contribution < -0.4 is 10.2 Å². The predicted octanol–water partition coefficient (Wildman–Crippen LogP) is 3.28. The topological polar surface area (TPSA) is 108 Å². The standard InChI is InChI=1S/C20H17F3N6O2/c1-29(16-7-6-13(11-24)12-26-16)9-3-8-25-18(30)15-5-2-4-14(10-15)17-27-19(31-28-17)20(21,22)23/h2,4-7,10,12H,3,8-9H2,1H3,(H,25,30). The average molecular weight is 430 g/mol. The van der Waals surface area contributed by atoms with Gasteiger partial charge >= 0.3 is 12.1 Å². The highest BCUT2D eigenvalue weighted by Gasteiger charge is 2.38. The molecule has 2 heterocycles. The van der Waals surface area contributed by atoms with Crippen LogP contribution in [-0.4, -0.2) is 41.2 Å². The normalized spacial score (nSPS) is 11.1. The van der Waals surface area contributed by atoms with Crippen LogP contribution in [0.4, 0.5) is 19.0 Å². The van der Waals surface area contributed by atoms with Crippen molar-refractivity contribution in [3.05, 3.63) is 59.6 Å². The average Bonchev–Trinajstić information content (AvgIpc) is 3.27. The minimum absolute atomic E-state index is 0.235. The van der Waals surface area contributed by atoms with E-state index >= 15 is 0 Å². The summed E-state index contributed by atoms with van der Waals surface area (Å²) in [6.07, 6.45) is -2.62. The number of hydrogen-bond donors (Lipinski definition) is 1. The summed E-state index contributed by atoms with van der Waals surface area (Å²) >= 11 is 0. The molecule has 0 saturated carbocycles. The molecular formula is C20H17F3N6O2. The molecule has 3 aromatic rings. The Hall–Kier alpha value is -3.94. The van der Waals surface area contributed by atoms with Gasteiger partial charge in [0, 0.05) is 37.5 Å². The highest BCUT2D eigenvalue weighted by Crippen LogP contribution is 2.29.